The van der Waals surface area contributed by atoms with Crippen molar-refractivity contribution in [3.63, 3.8) is 0 Å². The standard InChI is InChI=1S/C20H22N4O4S/c1-2-28-16-4-3-13(21-17(25)12-24-6-8-27-9-7-24)11-14(16)19-22-15-5-10-29-18(15)20(26)23-19/h3-5,10-11H,2,6-9,12H2,1H3,(H,21,25)(H,22,23,26). The van der Waals surface area contributed by atoms with Crippen LogP contribution < -0.4 is 15.6 Å². The first kappa shape index (κ1) is 19.6. The van der Waals surface area contributed by atoms with Gasteiger partial charge >= 0.3 is 0 Å². The zero-order valence-electron chi connectivity index (χ0n) is 16.1. The summed E-state index contributed by atoms with van der Waals surface area (Å²) in [5.41, 5.74) is 1.69. The molecule has 1 amide bonds. The van der Waals surface area contributed by atoms with Gasteiger partial charge in [-0.25, -0.2) is 4.98 Å². The summed E-state index contributed by atoms with van der Waals surface area (Å²) in [5, 5.41) is 4.76. The Morgan fingerprint density at radius 3 is 2.97 bits per heavy atom. The number of nitrogens with one attached hydrogen (secondary N) is 2. The van der Waals surface area contributed by atoms with E-state index in [4.69, 9.17) is 9.47 Å². The van der Waals surface area contributed by atoms with Gasteiger partial charge in [-0.05, 0) is 36.6 Å². The number of H-pyrrole nitrogens is 1. The molecule has 1 fully saturated rings. The zero-order valence-corrected chi connectivity index (χ0v) is 16.9. The summed E-state index contributed by atoms with van der Waals surface area (Å²) in [6, 6.07) is 7.15. The van der Waals surface area contributed by atoms with Crippen LogP contribution in [0.2, 0.25) is 0 Å². The number of hydrogen-bond acceptors (Lipinski definition) is 7. The Bertz CT molecular complexity index is 1070. The van der Waals surface area contributed by atoms with Crippen molar-refractivity contribution in [1.82, 2.24) is 14.9 Å². The highest BCUT2D eigenvalue weighted by Crippen LogP contribution is 2.31. The van der Waals surface area contributed by atoms with Gasteiger partial charge in [0.2, 0.25) is 5.91 Å². The van der Waals surface area contributed by atoms with Crippen LogP contribution in [-0.2, 0) is 9.53 Å². The van der Waals surface area contributed by atoms with Gasteiger partial charge in [-0.15, -0.1) is 11.3 Å². The average Bonchev–Trinajstić information content (AvgIpc) is 3.19. The lowest BCUT2D eigenvalue weighted by Crippen LogP contribution is -2.41. The van der Waals surface area contributed by atoms with Crippen molar-refractivity contribution in [2.45, 2.75) is 6.92 Å². The largest absolute Gasteiger partial charge is 0.493 e. The lowest BCUT2D eigenvalue weighted by Gasteiger charge is -2.25. The lowest BCUT2D eigenvalue weighted by molar-refractivity contribution is -0.118. The maximum absolute atomic E-state index is 12.4. The Balaban J connectivity index is 1.61. The van der Waals surface area contributed by atoms with Gasteiger partial charge in [-0.1, -0.05) is 0 Å². The number of ether oxygens (including phenoxy) is 2. The molecular formula is C20H22N4O4S. The molecule has 152 valence electrons. The molecule has 3 aromatic rings. The molecular weight excluding hydrogens is 392 g/mol. The number of thiophene rings is 1. The van der Waals surface area contributed by atoms with E-state index in [-0.39, 0.29) is 11.5 Å². The second-order valence-electron chi connectivity index (χ2n) is 6.63. The summed E-state index contributed by atoms with van der Waals surface area (Å²) in [6.07, 6.45) is 0. The fourth-order valence-corrected chi connectivity index (χ4v) is 3.96. The first-order valence-corrected chi connectivity index (χ1v) is 10.4. The summed E-state index contributed by atoms with van der Waals surface area (Å²) >= 11 is 1.35. The van der Waals surface area contributed by atoms with E-state index in [9.17, 15) is 9.59 Å². The van der Waals surface area contributed by atoms with Crippen molar-refractivity contribution in [2.75, 3.05) is 44.8 Å². The third-order valence-electron chi connectivity index (χ3n) is 4.60. The van der Waals surface area contributed by atoms with E-state index in [1.54, 1.807) is 18.2 Å². The summed E-state index contributed by atoms with van der Waals surface area (Å²) in [6.45, 7) is 5.44. The van der Waals surface area contributed by atoms with Crippen molar-refractivity contribution in [3.8, 4) is 17.1 Å². The molecule has 8 nitrogen and oxygen atoms in total. The molecule has 1 aliphatic heterocycles. The molecule has 0 saturated carbocycles. The zero-order chi connectivity index (χ0) is 20.2. The molecule has 29 heavy (non-hydrogen) atoms. The number of anilines is 1. The van der Waals surface area contributed by atoms with Gasteiger partial charge in [0.1, 0.15) is 16.3 Å². The van der Waals surface area contributed by atoms with Gasteiger partial charge in [-0.3, -0.25) is 14.5 Å². The normalized spacial score (nSPS) is 14.8. The molecule has 2 aromatic heterocycles. The SMILES string of the molecule is CCOc1ccc(NC(=O)CN2CCOCC2)cc1-c1nc2ccsc2c(=O)[nH]1. The minimum absolute atomic E-state index is 0.100. The van der Waals surface area contributed by atoms with Crippen molar-refractivity contribution in [3.05, 3.63) is 40.0 Å². The molecule has 0 radical (unpaired) electrons. The average molecular weight is 414 g/mol. The third kappa shape index (κ3) is 4.47. The van der Waals surface area contributed by atoms with Gasteiger partial charge in [-0.2, -0.15) is 0 Å². The van der Waals surface area contributed by atoms with E-state index >= 15 is 0 Å². The summed E-state index contributed by atoms with van der Waals surface area (Å²) in [7, 11) is 0. The minimum atomic E-state index is -0.191. The molecule has 9 heteroatoms. The second kappa shape index (κ2) is 8.73. The predicted octanol–water partition coefficient (Wildman–Crippen LogP) is 2.32. The van der Waals surface area contributed by atoms with Crippen LogP contribution in [0, 0.1) is 0 Å². The van der Waals surface area contributed by atoms with E-state index in [1.165, 1.54) is 11.3 Å². The molecule has 0 atom stereocenters. The van der Waals surface area contributed by atoms with Crippen LogP contribution in [0.25, 0.3) is 21.6 Å². The summed E-state index contributed by atoms with van der Waals surface area (Å²) < 4.78 is 11.6. The van der Waals surface area contributed by atoms with Crippen LogP contribution in [0.4, 0.5) is 5.69 Å². The molecule has 1 aromatic carbocycles. The van der Waals surface area contributed by atoms with Gasteiger partial charge in [0.25, 0.3) is 5.56 Å². The molecule has 0 aliphatic carbocycles. The van der Waals surface area contributed by atoms with Gasteiger partial charge in [0.15, 0.2) is 0 Å². The predicted molar refractivity (Wildman–Crippen MR) is 113 cm³/mol. The minimum Gasteiger partial charge on any atom is -0.493 e. The number of nitrogens with zero attached hydrogens (tertiary/aromatic N) is 2. The Labute approximate surface area is 171 Å². The molecule has 4 rings (SSSR count). The number of carbonyl (C=O) groups excluding carboxylic acids is 1. The number of benzene rings is 1. The third-order valence-corrected chi connectivity index (χ3v) is 5.51. The number of carbonyl (C=O) groups is 1. The monoisotopic (exact) mass is 414 g/mol. The fraction of sp³-hybridized carbons (Fsp3) is 0.350. The van der Waals surface area contributed by atoms with Crippen molar-refractivity contribution < 1.29 is 14.3 Å². The van der Waals surface area contributed by atoms with E-state index in [2.05, 4.69) is 20.2 Å². The molecule has 0 bridgehead atoms. The fourth-order valence-electron chi connectivity index (χ4n) is 3.24. The first-order valence-electron chi connectivity index (χ1n) is 9.48. The number of rotatable bonds is 6. The maximum Gasteiger partial charge on any atom is 0.269 e. The Morgan fingerprint density at radius 1 is 1.34 bits per heavy atom. The smallest absolute Gasteiger partial charge is 0.269 e. The van der Waals surface area contributed by atoms with Crippen molar-refractivity contribution in [1.29, 1.82) is 0 Å². The van der Waals surface area contributed by atoms with Gasteiger partial charge in [0.05, 0.1) is 37.4 Å². The molecule has 0 spiro atoms. The van der Waals surface area contributed by atoms with E-state index in [1.807, 2.05) is 18.4 Å². The van der Waals surface area contributed by atoms with Crippen LogP contribution in [0.3, 0.4) is 0 Å². The molecule has 1 aliphatic rings. The summed E-state index contributed by atoms with van der Waals surface area (Å²) in [4.78, 5) is 34.3. The number of fused-ring (bicyclic) bond motifs is 1. The molecule has 1 saturated heterocycles. The van der Waals surface area contributed by atoms with Crippen molar-refractivity contribution >= 4 is 33.1 Å². The van der Waals surface area contributed by atoms with Crippen LogP contribution >= 0.6 is 11.3 Å². The van der Waals surface area contributed by atoms with E-state index < -0.39 is 0 Å². The Kier molecular flexibility index (Phi) is 5.89. The highest BCUT2D eigenvalue weighted by Gasteiger charge is 2.16. The highest BCUT2D eigenvalue weighted by atomic mass is 32.1. The van der Waals surface area contributed by atoms with Crippen LogP contribution in [0.1, 0.15) is 6.92 Å². The lowest BCUT2D eigenvalue weighted by atomic mass is 10.1. The number of hydrogen-bond donors (Lipinski definition) is 2. The number of amides is 1. The van der Waals surface area contributed by atoms with Gasteiger partial charge in [0, 0.05) is 18.8 Å². The quantitative estimate of drug-likeness (QED) is 0.643. The first-order chi connectivity index (χ1) is 14.1. The number of morpholine rings is 1. The van der Waals surface area contributed by atoms with Crippen LogP contribution in [0.15, 0.2) is 34.4 Å². The van der Waals surface area contributed by atoms with Crippen molar-refractivity contribution in [2.24, 2.45) is 0 Å². The van der Waals surface area contributed by atoms with E-state index in [0.717, 1.165) is 13.1 Å². The highest BCUT2D eigenvalue weighted by molar-refractivity contribution is 7.17. The Hall–Kier alpha value is -2.75. The van der Waals surface area contributed by atoms with E-state index in [0.29, 0.717) is 59.4 Å². The van der Waals surface area contributed by atoms with Crippen LogP contribution in [0.5, 0.6) is 5.75 Å². The number of aromatic amines is 1. The second-order valence-corrected chi connectivity index (χ2v) is 7.55. The van der Waals surface area contributed by atoms with Crippen LogP contribution in [-0.4, -0.2) is 60.2 Å². The topological polar surface area (TPSA) is 96.5 Å². The Morgan fingerprint density at radius 2 is 2.17 bits per heavy atom. The molecule has 2 N–H and O–H groups in total. The van der Waals surface area contributed by atoms with Gasteiger partial charge < -0.3 is 19.8 Å². The maximum atomic E-state index is 12.4. The molecule has 0 unspecified atom stereocenters. The summed E-state index contributed by atoms with van der Waals surface area (Å²) in [5.74, 6) is 0.904. The number of aromatic nitrogens is 2. The molecule has 3 heterocycles.